The van der Waals surface area contributed by atoms with Crippen LogP contribution in [-0.4, -0.2) is 17.4 Å². The SMILES string of the molecule is Nc1cccc(NC(=O)CCCSCC2CCCC2)c1. The average molecular weight is 292 g/mol. The van der Waals surface area contributed by atoms with Crippen molar-refractivity contribution in [2.75, 3.05) is 22.6 Å². The van der Waals surface area contributed by atoms with E-state index in [2.05, 4.69) is 5.32 Å². The zero-order valence-corrected chi connectivity index (χ0v) is 12.8. The second kappa shape index (κ2) is 8.20. The molecule has 0 unspecified atom stereocenters. The maximum Gasteiger partial charge on any atom is 0.224 e. The van der Waals surface area contributed by atoms with E-state index in [9.17, 15) is 4.79 Å². The first-order valence-electron chi connectivity index (χ1n) is 7.47. The molecule has 0 radical (unpaired) electrons. The molecule has 0 aliphatic heterocycles. The molecule has 1 aliphatic rings. The van der Waals surface area contributed by atoms with Gasteiger partial charge in [-0.05, 0) is 54.9 Å². The number of nitrogens with two attached hydrogens (primary N) is 1. The first kappa shape index (κ1) is 15.2. The van der Waals surface area contributed by atoms with Gasteiger partial charge in [-0.3, -0.25) is 4.79 Å². The van der Waals surface area contributed by atoms with Crippen LogP contribution in [0.4, 0.5) is 11.4 Å². The van der Waals surface area contributed by atoms with Gasteiger partial charge in [0.25, 0.3) is 0 Å². The van der Waals surface area contributed by atoms with E-state index in [1.807, 2.05) is 30.0 Å². The Bertz CT molecular complexity index is 430. The number of amides is 1. The summed E-state index contributed by atoms with van der Waals surface area (Å²) < 4.78 is 0. The van der Waals surface area contributed by atoms with Gasteiger partial charge in [0.2, 0.25) is 5.91 Å². The molecule has 3 N–H and O–H groups in total. The number of benzene rings is 1. The van der Waals surface area contributed by atoms with E-state index in [1.54, 1.807) is 6.07 Å². The van der Waals surface area contributed by atoms with Gasteiger partial charge in [0, 0.05) is 17.8 Å². The monoisotopic (exact) mass is 292 g/mol. The molecule has 0 saturated heterocycles. The molecule has 0 spiro atoms. The second-order valence-corrected chi connectivity index (χ2v) is 6.65. The van der Waals surface area contributed by atoms with Gasteiger partial charge < -0.3 is 11.1 Å². The zero-order chi connectivity index (χ0) is 14.2. The van der Waals surface area contributed by atoms with E-state index in [0.29, 0.717) is 12.1 Å². The predicted octanol–water partition coefficient (Wildman–Crippen LogP) is 3.91. The van der Waals surface area contributed by atoms with E-state index >= 15 is 0 Å². The Hall–Kier alpha value is -1.16. The summed E-state index contributed by atoms with van der Waals surface area (Å²) in [6, 6.07) is 7.31. The summed E-state index contributed by atoms with van der Waals surface area (Å²) in [5.41, 5.74) is 7.14. The number of carbonyl (C=O) groups is 1. The van der Waals surface area contributed by atoms with Crippen LogP contribution in [-0.2, 0) is 4.79 Å². The molecular weight excluding hydrogens is 268 g/mol. The second-order valence-electron chi connectivity index (χ2n) is 5.50. The van der Waals surface area contributed by atoms with Crippen LogP contribution >= 0.6 is 11.8 Å². The minimum Gasteiger partial charge on any atom is -0.399 e. The topological polar surface area (TPSA) is 55.1 Å². The van der Waals surface area contributed by atoms with Crippen molar-refractivity contribution in [3.8, 4) is 0 Å². The molecule has 110 valence electrons. The molecule has 0 bridgehead atoms. The summed E-state index contributed by atoms with van der Waals surface area (Å²) in [4.78, 5) is 11.8. The third-order valence-corrected chi connectivity index (χ3v) is 4.98. The van der Waals surface area contributed by atoms with Crippen molar-refractivity contribution in [1.82, 2.24) is 0 Å². The van der Waals surface area contributed by atoms with E-state index in [4.69, 9.17) is 5.73 Å². The number of hydrogen-bond acceptors (Lipinski definition) is 3. The quantitative estimate of drug-likeness (QED) is 0.592. The van der Waals surface area contributed by atoms with Gasteiger partial charge in [0.15, 0.2) is 0 Å². The van der Waals surface area contributed by atoms with Crippen molar-refractivity contribution in [1.29, 1.82) is 0 Å². The van der Waals surface area contributed by atoms with Crippen molar-refractivity contribution >= 4 is 29.0 Å². The fourth-order valence-electron chi connectivity index (χ4n) is 2.60. The fraction of sp³-hybridized carbons (Fsp3) is 0.562. The molecule has 1 amide bonds. The lowest BCUT2D eigenvalue weighted by molar-refractivity contribution is -0.116. The highest BCUT2D eigenvalue weighted by atomic mass is 32.2. The highest BCUT2D eigenvalue weighted by Crippen LogP contribution is 2.28. The Balaban J connectivity index is 1.55. The predicted molar refractivity (Wildman–Crippen MR) is 88.0 cm³/mol. The highest BCUT2D eigenvalue weighted by molar-refractivity contribution is 7.99. The zero-order valence-electron chi connectivity index (χ0n) is 11.9. The number of nitrogen functional groups attached to an aromatic ring is 1. The minimum absolute atomic E-state index is 0.0806. The van der Waals surface area contributed by atoms with Crippen LogP contribution in [0.15, 0.2) is 24.3 Å². The Morgan fingerprint density at radius 2 is 2.15 bits per heavy atom. The molecule has 3 nitrogen and oxygen atoms in total. The van der Waals surface area contributed by atoms with E-state index < -0.39 is 0 Å². The number of anilines is 2. The Morgan fingerprint density at radius 3 is 2.90 bits per heavy atom. The lowest BCUT2D eigenvalue weighted by Crippen LogP contribution is -2.11. The van der Waals surface area contributed by atoms with Gasteiger partial charge in [0.05, 0.1) is 0 Å². The van der Waals surface area contributed by atoms with Gasteiger partial charge in [0.1, 0.15) is 0 Å². The highest BCUT2D eigenvalue weighted by Gasteiger charge is 2.14. The Labute approximate surface area is 125 Å². The van der Waals surface area contributed by atoms with Crippen LogP contribution < -0.4 is 11.1 Å². The van der Waals surface area contributed by atoms with E-state index in [1.165, 1.54) is 31.4 Å². The van der Waals surface area contributed by atoms with Crippen molar-refractivity contribution in [3.05, 3.63) is 24.3 Å². The van der Waals surface area contributed by atoms with Crippen LogP contribution in [0.2, 0.25) is 0 Å². The molecule has 20 heavy (non-hydrogen) atoms. The molecule has 1 saturated carbocycles. The van der Waals surface area contributed by atoms with Gasteiger partial charge >= 0.3 is 0 Å². The Kier molecular flexibility index (Phi) is 6.25. The summed E-state index contributed by atoms with van der Waals surface area (Å²) in [5, 5.41) is 2.89. The lowest BCUT2D eigenvalue weighted by Gasteiger charge is -2.08. The molecule has 1 aliphatic carbocycles. The van der Waals surface area contributed by atoms with Crippen LogP contribution in [0.3, 0.4) is 0 Å². The summed E-state index contributed by atoms with van der Waals surface area (Å²) in [6.45, 7) is 0. The molecule has 1 aromatic rings. The van der Waals surface area contributed by atoms with Crippen molar-refractivity contribution in [3.63, 3.8) is 0 Å². The maximum absolute atomic E-state index is 11.8. The van der Waals surface area contributed by atoms with Crippen molar-refractivity contribution in [2.24, 2.45) is 5.92 Å². The van der Waals surface area contributed by atoms with Gasteiger partial charge in [-0.15, -0.1) is 0 Å². The molecule has 0 aromatic heterocycles. The van der Waals surface area contributed by atoms with Crippen LogP contribution in [0, 0.1) is 5.92 Å². The largest absolute Gasteiger partial charge is 0.399 e. The minimum atomic E-state index is 0.0806. The summed E-state index contributed by atoms with van der Waals surface area (Å²) >= 11 is 2.00. The maximum atomic E-state index is 11.8. The van der Waals surface area contributed by atoms with E-state index in [0.717, 1.165) is 23.8 Å². The van der Waals surface area contributed by atoms with Gasteiger partial charge in [-0.2, -0.15) is 11.8 Å². The molecule has 0 heterocycles. The van der Waals surface area contributed by atoms with Crippen molar-refractivity contribution in [2.45, 2.75) is 38.5 Å². The normalized spacial score (nSPS) is 15.4. The number of hydrogen-bond donors (Lipinski definition) is 2. The van der Waals surface area contributed by atoms with E-state index in [-0.39, 0.29) is 5.91 Å². The molecule has 0 atom stereocenters. The number of carbonyl (C=O) groups excluding carboxylic acids is 1. The van der Waals surface area contributed by atoms with Crippen LogP contribution in [0.25, 0.3) is 0 Å². The number of nitrogens with one attached hydrogen (secondary N) is 1. The number of rotatable bonds is 7. The first-order valence-corrected chi connectivity index (χ1v) is 8.62. The molecule has 1 fully saturated rings. The smallest absolute Gasteiger partial charge is 0.224 e. The third kappa shape index (κ3) is 5.45. The molecular formula is C16H24N2OS. The lowest BCUT2D eigenvalue weighted by atomic mass is 10.1. The van der Waals surface area contributed by atoms with Crippen LogP contribution in [0.5, 0.6) is 0 Å². The summed E-state index contributed by atoms with van der Waals surface area (Å²) in [5.74, 6) is 3.37. The molecule has 1 aromatic carbocycles. The van der Waals surface area contributed by atoms with Gasteiger partial charge in [-0.1, -0.05) is 18.9 Å². The summed E-state index contributed by atoms with van der Waals surface area (Å²) in [7, 11) is 0. The standard InChI is InChI=1S/C16H24N2OS/c17-14-7-3-8-15(11-14)18-16(19)9-4-10-20-12-13-5-1-2-6-13/h3,7-8,11,13H,1-2,4-6,9-10,12,17H2,(H,18,19). The van der Waals surface area contributed by atoms with Gasteiger partial charge in [-0.25, -0.2) is 0 Å². The average Bonchev–Trinajstić information content (AvgIpc) is 2.91. The Morgan fingerprint density at radius 1 is 1.35 bits per heavy atom. The van der Waals surface area contributed by atoms with Crippen molar-refractivity contribution < 1.29 is 4.79 Å². The molecule has 2 rings (SSSR count). The molecule has 4 heteroatoms. The fourth-order valence-corrected chi connectivity index (χ4v) is 3.78. The van der Waals surface area contributed by atoms with Crippen LogP contribution in [0.1, 0.15) is 38.5 Å². The summed E-state index contributed by atoms with van der Waals surface area (Å²) in [6.07, 6.45) is 7.17. The third-order valence-electron chi connectivity index (χ3n) is 3.69. The number of thioether (sulfide) groups is 1. The first-order chi connectivity index (χ1) is 9.74.